The molecule has 0 aliphatic rings. The second kappa shape index (κ2) is 7.68. The summed E-state index contributed by atoms with van der Waals surface area (Å²) < 4.78 is 5.95. The molecule has 3 heteroatoms. The molecule has 0 fully saturated rings. The van der Waals surface area contributed by atoms with Crippen LogP contribution in [0.25, 0.3) is 0 Å². The number of benzene rings is 2. The van der Waals surface area contributed by atoms with E-state index in [2.05, 4.69) is 30.4 Å². The lowest BCUT2D eigenvalue weighted by Gasteiger charge is -2.18. The van der Waals surface area contributed by atoms with Crippen LogP contribution < -0.4 is 15.8 Å². The molecule has 20 heavy (non-hydrogen) atoms. The predicted octanol–water partition coefficient (Wildman–Crippen LogP) is 2.87. The van der Waals surface area contributed by atoms with Crippen LogP contribution in [0.15, 0.2) is 54.6 Å². The average Bonchev–Trinajstić information content (AvgIpc) is 2.52. The van der Waals surface area contributed by atoms with Crippen molar-refractivity contribution in [3.8, 4) is 5.75 Å². The molecule has 0 aromatic heterocycles. The number of hydrogen-bond acceptors (Lipinski definition) is 3. The van der Waals surface area contributed by atoms with Crippen molar-refractivity contribution in [3.63, 3.8) is 0 Å². The lowest BCUT2D eigenvalue weighted by Crippen LogP contribution is -2.25. The van der Waals surface area contributed by atoms with Gasteiger partial charge in [0, 0.05) is 24.7 Å². The van der Waals surface area contributed by atoms with E-state index in [0.717, 1.165) is 17.9 Å². The van der Waals surface area contributed by atoms with Gasteiger partial charge >= 0.3 is 0 Å². The quantitative estimate of drug-likeness (QED) is 0.813. The minimum atomic E-state index is 0.227. The Morgan fingerprint density at radius 3 is 2.50 bits per heavy atom. The first-order valence-corrected chi connectivity index (χ1v) is 7.00. The molecule has 1 unspecified atom stereocenters. The summed E-state index contributed by atoms with van der Waals surface area (Å²) in [6, 6.07) is 18.6. The molecular formula is C17H22N2O. The van der Waals surface area contributed by atoms with Gasteiger partial charge in [0.2, 0.25) is 0 Å². The summed E-state index contributed by atoms with van der Waals surface area (Å²) in [5.41, 5.74) is 7.87. The van der Waals surface area contributed by atoms with Gasteiger partial charge in [-0.05, 0) is 18.6 Å². The van der Waals surface area contributed by atoms with Gasteiger partial charge in [-0.25, -0.2) is 0 Å². The van der Waals surface area contributed by atoms with Crippen LogP contribution in [0.5, 0.6) is 5.75 Å². The highest BCUT2D eigenvalue weighted by molar-refractivity contribution is 5.35. The monoisotopic (exact) mass is 270 g/mol. The van der Waals surface area contributed by atoms with Crippen LogP contribution in [-0.2, 0) is 6.61 Å². The van der Waals surface area contributed by atoms with E-state index in [1.54, 1.807) is 0 Å². The van der Waals surface area contributed by atoms with E-state index in [9.17, 15) is 0 Å². The van der Waals surface area contributed by atoms with E-state index in [-0.39, 0.29) is 6.04 Å². The van der Waals surface area contributed by atoms with Gasteiger partial charge in [0.15, 0.2) is 0 Å². The van der Waals surface area contributed by atoms with Gasteiger partial charge in [-0.3, -0.25) is 0 Å². The minimum absolute atomic E-state index is 0.227. The van der Waals surface area contributed by atoms with Crippen molar-refractivity contribution in [2.75, 3.05) is 13.1 Å². The first-order valence-electron chi connectivity index (χ1n) is 7.00. The van der Waals surface area contributed by atoms with Crippen molar-refractivity contribution in [1.82, 2.24) is 5.32 Å². The number of ether oxygens (including phenoxy) is 1. The predicted molar refractivity (Wildman–Crippen MR) is 82.7 cm³/mol. The first-order chi connectivity index (χ1) is 9.81. The van der Waals surface area contributed by atoms with Gasteiger partial charge < -0.3 is 15.8 Å². The van der Waals surface area contributed by atoms with E-state index in [1.807, 2.05) is 36.4 Å². The Morgan fingerprint density at radius 1 is 1.05 bits per heavy atom. The topological polar surface area (TPSA) is 47.3 Å². The van der Waals surface area contributed by atoms with Crippen LogP contribution in [0.2, 0.25) is 0 Å². The van der Waals surface area contributed by atoms with E-state index < -0.39 is 0 Å². The molecule has 0 bridgehead atoms. The van der Waals surface area contributed by atoms with Gasteiger partial charge in [0.05, 0.1) is 0 Å². The molecule has 1 atom stereocenters. The van der Waals surface area contributed by atoms with Crippen molar-refractivity contribution < 1.29 is 4.74 Å². The molecule has 2 aromatic rings. The zero-order chi connectivity index (χ0) is 14.2. The molecule has 2 rings (SSSR count). The maximum absolute atomic E-state index is 5.95. The maximum Gasteiger partial charge on any atom is 0.124 e. The minimum Gasteiger partial charge on any atom is -0.489 e. The van der Waals surface area contributed by atoms with Crippen molar-refractivity contribution in [2.24, 2.45) is 5.73 Å². The first kappa shape index (κ1) is 14.6. The fourth-order valence-electron chi connectivity index (χ4n) is 2.11. The van der Waals surface area contributed by atoms with Crippen LogP contribution in [0, 0.1) is 0 Å². The highest BCUT2D eigenvalue weighted by Crippen LogP contribution is 2.25. The zero-order valence-electron chi connectivity index (χ0n) is 11.9. The normalized spacial score (nSPS) is 12.1. The van der Waals surface area contributed by atoms with E-state index in [1.165, 1.54) is 5.56 Å². The SMILES string of the molecule is CC(NCCN)c1ccccc1OCc1ccccc1. The third-order valence-electron chi connectivity index (χ3n) is 3.22. The van der Waals surface area contributed by atoms with Crippen molar-refractivity contribution in [2.45, 2.75) is 19.6 Å². The van der Waals surface area contributed by atoms with Crippen LogP contribution in [0.1, 0.15) is 24.1 Å². The van der Waals surface area contributed by atoms with Gasteiger partial charge in [0.25, 0.3) is 0 Å². The summed E-state index contributed by atoms with van der Waals surface area (Å²) in [5, 5.41) is 3.38. The van der Waals surface area contributed by atoms with E-state index in [0.29, 0.717) is 13.2 Å². The molecule has 2 aromatic carbocycles. The highest BCUT2D eigenvalue weighted by atomic mass is 16.5. The molecule has 3 N–H and O–H groups in total. The molecule has 106 valence electrons. The molecule has 0 spiro atoms. The Morgan fingerprint density at radius 2 is 1.75 bits per heavy atom. The van der Waals surface area contributed by atoms with E-state index in [4.69, 9.17) is 10.5 Å². The Kier molecular flexibility index (Phi) is 5.59. The third-order valence-corrected chi connectivity index (χ3v) is 3.22. The molecule has 0 amide bonds. The molecule has 0 saturated carbocycles. The molecule has 3 nitrogen and oxygen atoms in total. The summed E-state index contributed by atoms with van der Waals surface area (Å²) in [6.07, 6.45) is 0. The molecular weight excluding hydrogens is 248 g/mol. The van der Waals surface area contributed by atoms with E-state index >= 15 is 0 Å². The van der Waals surface area contributed by atoms with Crippen LogP contribution in [-0.4, -0.2) is 13.1 Å². The molecule has 0 saturated heterocycles. The molecule has 0 aliphatic heterocycles. The average molecular weight is 270 g/mol. The van der Waals surface area contributed by atoms with Crippen LogP contribution in [0.4, 0.5) is 0 Å². The second-order valence-corrected chi connectivity index (χ2v) is 4.78. The fraction of sp³-hybridized carbons (Fsp3) is 0.294. The number of para-hydroxylation sites is 1. The largest absolute Gasteiger partial charge is 0.489 e. The lowest BCUT2D eigenvalue weighted by molar-refractivity contribution is 0.300. The Bertz CT molecular complexity index is 513. The Balaban J connectivity index is 2.04. The van der Waals surface area contributed by atoms with Crippen molar-refractivity contribution in [1.29, 1.82) is 0 Å². The summed E-state index contributed by atoms with van der Waals surface area (Å²) in [6.45, 7) is 4.15. The van der Waals surface area contributed by atoms with Gasteiger partial charge in [-0.2, -0.15) is 0 Å². The van der Waals surface area contributed by atoms with Gasteiger partial charge in [-0.15, -0.1) is 0 Å². The highest BCUT2D eigenvalue weighted by Gasteiger charge is 2.10. The number of rotatable bonds is 7. The van der Waals surface area contributed by atoms with Crippen LogP contribution >= 0.6 is 0 Å². The Labute approximate surface area is 120 Å². The summed E-state index contributed by atoms with van der Waals surface area (Å²) in [5.74, 6) is 0.924. The van der Waals surface area contributed by atoms with Gasteiger partial charge in [-0.1, -0.05) is 48.5 Å². The summed E-state index contributed by atoms with van der Waals surface area (Å²) in [7, 11) is 0. The number of hydrogen-bond donors (Lipinski definition) is 2. The van der Waals surface area contributed by atoms with Crippen molar-refractivity contribution in [3.05, 3.63) is 65.7 Å². The molecule has 0 heterocycles. The molecule has 0 aliphatic carbocycles. The second-order valence-electron chi connectivity index (χ2n) is 4.78. The standard InChI is InChI=1S/C17H22N2O/c1-14(19-12-11-18)16-9-5-6-10-17(16)20-13-15-7-3-2-4-8-15/h2-10,14,19H,11-13,18H2,1H3. The fourth-order valence-corrected chi connectivity index (χ4v) is 2.11. The number of nitrogens with two attached hydrogens (primary N) is 1. The number of nitrogens with one attached hydrogen (secondary N) is 1. The smallest absolute Gasteiger partial charge is 0.124 e. The maximum atomic E-state index is 5.95. The van der Waals surface area contributed by atoms with Crippen LogP contribution in [0.3, 0.4) is 0 Å². The third kappa shape index (κ3) is 4.08. The summed E-state index contributed by atoms with van der Waals surface area (Å²) >= 11 is 0. The zero-order valence-corrected chi connectivity index (χ0v) is 11.9. The Hall–Kier alpha value is -1.84. The van der Waals surface area contributed by atoms with Gasteiger partial charge in [0.1, 0.15) is 12.4 Å². The lowest BCUT2D eigenvalue weighted by atomic mass is 10.1. The molecule has 0 radical (unpaired) electrons. The summed E-state index contributed by atoms with van der Waals surface area (Å²) in [4.78, 5) is 0. The van der Waals surface area contributed by atoms with Crippen molar-refractivity contribution >= 4 is 0 Å².